The van der Waals surface area contributed by atoms with Gasteiger partial charge in [-0.05, 0) is 35.2 Å². The van der Waals surface area contributed by atoms with Crippen molar-refractivity contribution >= 4 is 39.5 Å². The fraction of sp³-hybridized carbons (Fsp3) is 0.385. The molecule has 0 unspecified atom stereocenters. The Labute approximate surface area is 125 Å². The average Bonchev–Trinajstić information content (AvgIpc) is 2.93. The largest absolute Gasteiger partial charge is 0.382 e. The lowest BCUT2D eigenvalue weighted by Gasteiger charge is -2.15. The Morgan fingerprint density at radius 3 is 3.05 bits per heavy atom. The number of carbonyl (C=O) groups is 1. The number of anilines is 2. The lowest BCUT2D eigenvalue weighted by Crippen LogP contribution is -2.25. The van der Waals surface area contributed by atoms with E-state index in [1.807, 2.05) is 16.8 Å². The minimum atomic E-state index is -0.0740. The van der Waals surface area contributed by atoms with Crippen LogP contribution in [0.1, 0.15) is 28.1 Å². The highest BCUT2D eigenvalue weighted by atomic mass is 32.1. The second kappa shape index (κ2) is 5.41. The predicted molar refractivity (Wildman–Crippen MR) is 83.3 cm³/mol. The number of hydrogen-bond donors (Lipinski definition) is 2. The molecule has 0 radical (unpaired) electrons. The van der Waals surface area contributed by atoms with E-state index in [0.29, 0.717) is 23.3 Å². The van der Waals surface area contributed by atoms with E-state index < -0.39 is 0 Å². The first-order valence-corrected chi connectivity index (χ1v) is 8.19. The monoisotopic (exact) mass is 308 g/mol. The van der Waals surface area contributed by atoms with Crippen LogP contribution in [0.15, 0.2) is 16.8 Å². The molecule has 106 valence electrons. The van der Waals surface area contributed by atoms with E-state index >= 15 is 0 Å². The smallest absolute Gasteiger partial charge is 0.267 e. The number of nitrogens with two attached hydrogens (primary N) is 1. The highest BCUT2D eigenvalue weighted by Gasteiger charge is 2.25. The SMILES string of the molecule is CN(Cc1ccsc1)C(=O)c1sc(NC2CC2)nc1N. The van der Waals surface area contributed by atoms with Crippen molar-refractivity contribution in [1.29, 1.82) is 0 Å². The number of amides is 1. The van der Waals surface area contributed by atoms with Gasteiger partial charge in [0.05, 0.1) is 0 Å². The van der Waals surface area contributed by atoms with Crippen LogP contribution in [0.2, 0.25) is 0 Å². The summed E-state index contributed by atoms with van der Waals surface area (Å²) in [6, 6.07) is 2.52. The molecule has 0 atom stereocenters. The van der Waals surface area contributed by atoms with Crippen molar-refractivity contribution in [3.63, 3.8) is 0 Å². The molecule has 1 amide bonds. The van der Waals surface area contributed by atoms with Gasteiger partial charge in [-0.3, -0.25) is 4.79 Å². The molecule has 0 saturated heterocycles. The third-order valence-corrected chi connectivity index (χ3v) is 4.82. The summed E-state index contributed by atoms with van der Waals surface area (Å²) in [6.45, 7) is 0.588. The maximum Gasteiger partial charge on any atom is 0.267 e. The van der Waals surface area contributed by atoms with Crippen molar-refractivity contribution in [3.05, 3.63) is 27.3 Å². The topological polar surface area (TPSA) is 71.2 Å². The summed E-state index contributed by atoms with van der Waals surface area (Å²) < 4.78 is 0. The van der Waals surface area contributed by atoms with Crippen molar-refractivity contribution in [2.24, 2.45) is 0 Å². The molecule has 3 rings (SSSR count). The number of carbonyl (C=O) groups excluding carboxylic acids is 1. The zero-order chi connectivity index (χ0) is 14.1. The Bertz CT molecular complexity index is 604. The van der Waals surface area contributed by atoms with Crippen molar-refractivity contribution in [3.8, 4) is 0 Å². The number of nitrogens with one attached hydrogen (secondary N) is 1. The zero-order valence-corrected chi connectivity index (χ0v) is 12.8. The van der Waals surface area contributed by atoms with Gasteiger partial charge in [0.1, 0.15) is 10.7 Å². The Kier molecular flexibility index (Phi) is 3.62. The predicted octanol–water partition coefficient (Wildman–Crippen LogP) is 2.63. The minimum Gasteiger partial charge on any atom is -0.382 e. The molecule has 0 spiro atoms. The molecule has 0 aromatic carbocycles. The van der Waals surface area contributed by atoms with Crippen LogP contribution < -0.4 is 11.1 Å². The fourth-order valence-corrected chi connectivity index (χ4v) is 3.47. The number of thiazole rings is 1. The van der Waals surface area contributed by atoms with Gasteiger partial charge in [0.15, 0.2) is 5.13 Å². The molecule has 2 aromatic rings. The number of hydrogen-bond acceptors (Lipinski definition) is 6. The van der Waals surface area contributed by atoms with Crippen LogP contribution >= 0.6 is 22.7 Å². The standard InChI is InChI=1S/C13H16N4OS2/c1-17(6-8-4-5-19-7-8)12(18)10-11(14)16-13(20-10)15-9-2-3-9/h4-5,7,9H,2-3,6,14H2,1H3,(H,15,16). The molecule has 5 nitrogen and oxygen atoms in total. The van der Waals surface area contributed by atoms with E-state index in [2.05, 4.69) is 10.3 Å². The molecule has 1 saturated carbocycles. The Balaban J connectivity index is 1.70. The van der Waals surface area contributed by atoms with Gasteiger partial charge < -0.3 is 16.0 Å². The molecule has 2 aromatic heterocycles. The lowest BCUT2D eigenvalue weighted by molar-refractivity contribution is 0.0791. The van der Waals surface area contributed by atoms with Gasteiger partial charge in [0.25, 0.3) is 5.91 Å². The van der Waals surface area contributed by atoms with E-state index in [0.717, 1.165) is 10.7 Å². The molecule has 0 bridgehead atoms. The maximum atomic E-state index is 12.4. The van der Waals surface area contributed by atoms with Crippen LogP contribution in [0.4, 0.5) is 10.9 Å². The van der Waals surface area contributed by atoms with E-state index in [9.17, 15) is 4.79 Å². The van der Waals surface area contributed by atoms with Gasteiger partial charge in [-0.15, -0.1) is 0 Å². The molecule has 7 heteroatoms. The first-order chi connectivity index (χ1) is 9.63. The van der Waals surface area contributed by atoms with E-state index in [4.69, 9.17) is 5.73 Å². The van der Waals surface area contributed by atoms with Crippen molar-refractivity contribution in [2.45, 2.75) is 25.4 Å². The molecule has 1 aliphatic rings. The summed E-state index contributed by atoms with van der Waals surface area (Å²) in [5.74, 6) is 0.246. The molecule has 3 N–H and O–H groups in total. The number of rotatable bonds is 5. The van der Waals surface area contributed by atoms with Gasteiger partial charge in [0.2, 0.25) is 0 Å². The summed E-state index contributed by atoms with van der Waals surface area (Å²) in [5.41, 5.74) is 6.99. The lowest BCUT2D eigenvalue weighted by atomic mass is 10.3. The number of thiophene rings is 1. The van der Waals surface area contributed by atoms with Crippen LogP contribution in [-0.2, 0) is 6.54 Å². The zero-order valence-electron chi connectivity index (χ0n) is 11.1. The van der Waals surface area contributed by atoms with Crippen LogP contribution in [-0.4, -0.2) is 28.9 Å². The molecule has 0 aliphatic heterocycles. The van der Waals surface area contributed by atoms with Crippen LogP contribution in [0.25, 0.3) is 0 Å². The third kappa shape index (κ3) is 2.94. The Hall–Kier alpha value is -1.60. The summed E-state index contributed by atoms with van der Waals surface area (Å²) in [6.07, 6.45) is 2.33. The van der Waals surface area contributed by atoms with Crippen molar-refractivity contribution < 1.29 is 4.79 Å². The first-order valence-electron chi connectivity index (χ1n) is 6.43. The molecular weight excluding hydrogens is 292 g/mol. The van der Waals surface area contributed by atoms with Crippen LogP contribution in [0.5, 0.6) is 0 Å². The first kappa shape index (κ1) is 13.4. The molecule has 1 aliphatic carbocycles. The van der Waals surface area contributed by atoms with E-state index in [-0.39, 0.29) is 5.91 Å². The maximum absolute atomic E-state index is 12.4. The Morgan fingerprint density at radius 1 is 1.60 bits per heavy atom. The number of aromatic nitrogens is 1. The van der Waals surface area contributed by atoms with Gasteiger partial charge in [-0.1, -0.05) is 11.3 Å². The van der Waals surface area contributed by atoms with Crippen molar-refractivity contribution in [2.75, 3.05) is 18.1 Å². The average molecular weight is 308 g/mol. The molecular formula is C13H16N4OS2. The van der Waals surface area contributed by atoms with Gasteiger partial charge in [-0.2, -0.15) is 11.3 Å². The minimum absolute atomic E-state index is 0.0740. The van der Waals surface area contributed by atoms with E-state index in [1.54, 1.807) is 23.3 Å². The number of nitrogens with zero attached hydrogens (tertiary/aromatic N) is 2. The van der Waals surface area contributed by atoms with Crippen LogP contribution in [0, 0.1) is 0 Å². The Morgan fingerprint density at radius 2 is 2.40 bits per heavy atom. The summed E-state index contributed by atoms with van der Waals surface area (Å²) >= 11 is 2.97. The third-order valence-electron chi connectivity index (χ3n) is 3.10. The fourth-order valence-electron chi connectivity index (χ4n) is 1.85. The van der Waals surface area contributed by atoms with Gasteiger partial charge in [-0.25, -0.2) is 4.98 Å². The van der Waals surface area contributed by atoms with Gasteiger partial charge in [0, 0.05) is 19.6 Å². The van der Waals surface area contributed by atoms with Crippen LogP contribution in [0.3, 0.4) is 0 Å². The molecule has 1 fully saturated rings. The molecule has 2 heterocycles. The second-order valence-electron chi connectivity index (χ2n) is 4.94. The van der Waals surface area contributed by atoms with Crippen molar-refractivity contribution in [1.82, 2.24) is 9.88 Å². The second-order valence-corrected chi connectivity index (χ2v) is 6.72. The highest BCUT2D eigenvalue weighted by molar-refractivity contribution is 7.18. The van der Waals surface area contributed by atoms with E-state index in [1.165, 1.54) is 24.2 Å². The summed E-state index contributed by atoms with van der Waals surface area (Å²) in [5, 5.41) is 8.07. The normalized spacial score (nSPS) is 14.2. The quantitative estimate of drug-likeness (QED) is 0.891. The molecule has 20 heavy (non-hydrogen) atoms. The highest BCUT2D eigenvalue weighted by Crippen LogP contribution is 2.31. The number of nitrogen functional groups attached to an aromatic ring is 1. The summed E-state index contributed by atoms with van der Waals surface area (Å²) in [7, 11) is 1.78. The summed E-state index contributed by atoms with van der Waals surface area (Å²) in [4.78, 5) is 18.8. The van der Waals surface area contributed by atoms with Gasteiger partial charge >= 0.3 is 0 Å².